The molecule has 0 atom stereocenters. The number of hydrogen-bond acceptors (Lipinski definition) is 1. The number of nitrogens with zero attached hydrogens (tertiary/aromatic N) is 1. The van der Waals surface area contributed by atoms with Crippen molar-refractivity contribution in [2.45, 2.75) is 32.1 Å². The number of piperidine rings is 1. The molecule has 18 heavy (non-hydrogen) atoms. The molecule has 2 nitrogen and oxygen atoms in total. The minimum Gasteiger partial charge on any atom is -0.339 e. The van der Waals surface area contributed by atoms with Gasteiger partial charge in [-0.05, 0) is 43.7 Å². The molecule has 2 heteroatoms. The monoisotopic (exact) mass is 243 g/mol. The number of amides is 1. The summed E-state index contributed by atoms with van der Waals surface area (Å²) in [5, 5.41) is 0. The van der Waals surface area contributed by atoms with Crippen molar-refractivity contribution in [2.24, 2.45) is 0 Å². The molecular weight excluding hydrogens is 222 g/mol. The van der Waals surface area contributed by atoms with Gasteiger partial charge in [0.15, 0.2) is 0 Å². The minimum atomic E-state index is 0.183. The topological polar surface area (TPSA) is 20.3 Å². The molecule has 0 radical (unpaired) electrons. The Bertz CT molecular complexity index is 391. The van der Waals surface area contributed by atoms with Crippen LogP contribution in [0.25, 0.3) is 0 Å². The fourth-order valence-electron chi connectivity index (χ4n) is 2.30. The molecule has 0 aromatic heterocycles. The lowest BCUT2D eigenvalue weighted by atomic mass is 10.1. The van der Waals surface area contributed by atoms with Crippen LogP contribution in [0.1, 0.15) is 31.2 Å². The van der Waals surface area contributed by atoms with Gasteiger partial charge in [0.25, 0.3) is 0 Å². The number of rotatable bonds is 4. The van der Waals surface area contributed by atoms with Gasteiger partial charge in [0.1, 0.15) is 0 Å². The van der Waals surface area contributed by atoms with E-state index >= 15 is 0 Å². The number of carbonyl (C=O) groups is 1. The van der Waals surface area contributed by atoms with Crippen molar-refractivity contribution in [1.82, 2.24) is 4.90 Å². The second-order valence-corrected chi connectivity index (χ2v) is 4.81. The zero-order chi connectivity index (χ0) is 12.6. The molecule has 0 spiro atoms. The van der Waals surface area contributed by atoms with E-state index < -0.39 is 0 Å². The number of aryl methyl sites for hydroxylation is 1. The van der Waals surface area contributed by atoms with E-state index in [1.54, 1.807) is 6.08 Å². The summed E-state index contributed by atoms with van der Waals surface area (Å²) in [7, 11) is 0. The van der Waals surface area contributed by atoms with Crippen LogP contribution < -0.4 is 0 Å². The molecule has 0 bridgehead atoms. The predicted molar refractivity (Wildman–Crippen MR) is 74.3 cm³/mol. The van der Waals surface area contributed by atoms with E-state index in [1.807, 2.05) is 17.0 Å². The highest BCUT2D eigenvalue weighted by Gasteiger charge is 2.13. The van der Waals surface area contributed by atoms with Crippen molar-refractivity contribution in [2.75, 3.05) is 13.1 Å². The molecule has 1 aromatic carbocycles. The molecule has 1 aliphatic heterocycles. The van der Waals surface area contributed by atoms with Gasteiger partial charge >= 0.3 is 0 Å². The first kappa shape index (κ1) is 12.9. The summed E-state index contributed by atoms with van der Waals surface area (Å²) < 4.78 is 0. The first-order chi connectivity index (χ1) is 8.86. The summed E-state index contributed by atoms with van der Waals surface area (Å²) in [6, 6.07) is 10.4. The third-order valence-electron chi connectivity index (χ3n) is 3.37. The van der Waals surface area contributed by atoms with Crippen LogP contribution in [0.3, 0.4) is 0 Å². The Morgan fingerprint density at radius 1 is 1.11 bits per heavy atom. The van der Waals surface area contributed by atoms with Crippen LogP contribution >= 0.6 is 0 Å². The highest BCUT2D eigenvalue weighted by molar-refractivity contribution is 5.87. The summed E-state index contributed by atoms with van der Waals surface area (Å²) in [4.78, 5) is 13.8. The molecular formula is C16H21NO. The smallest absolute Gasteiger partial charge is 0.246 e. The Balaban J connectivity index is 1.72. The fourth-order valence-corrected chi connectivity index (χ4v) is 2.30. The highest BCUT2D eigenvalue weighted by atomic mass is 16.2. The van der Waals surface area contributed by atoms with Crippen molar-refractivity contribution in [3.05, 3.63) is 48.0 Å². The van der Waals surface area contributed by atoms with Crippen molar-refractivity contribution in [3.8, 4) is 0 Å². The van der Waals surface area contributed by atoms with Gasteiger partial charge in [0.05, 0.1) is 0 Å². The standard InChI is InChI=1S/C16H21NO/c18-16(17-13-7-2-8-14-17)12-6-5-11-15-9-3-1-4-10-15/h1,3-4,6,9-10,12H,2,5,7-8,11,13-14H2/b12-6+. The maximum atomic E-state index is 11.8. The van der Waals surface area contributed by atoms with E-state index in [1.165, 1.54) is 12.0 Å². The Hall–Kier alpha value is -1.57. The molecule has 2 rings (SSSR count). The molecule has 0 N–H and O–H groups in total. The van der Waals surface area contributed by atoms with E-state index in [9.17, 15) is 4.79 Å². The summed E-state index contributed by atoms with van der Waals surface area (Å²) in [6.07, 6.45) is 9.26. The van der Waals surface area contributed by atoms with Gasteiger partial charge < -0.3 is 4.90 Å². The van der Waals surface area contributed by atoms with Crippen LogP contribution in [0.4, 0.5) is 0 Å². The SMILES string of the molecule is O=C(/C=C/CCc1ccccc1)N1CCCCC1. The Labute approximate surface area is 109 Å². The van der Waals surface area contributed by atoms with E-state index in [2.05, 4.69) is 24.3 Å². The second-order valence-electron chi connectivity index (χ2n) is 4.81. The van der Waals surface area contributed by atoms with Crippen molar-refractivity contribution in [3.63, 3.8) is 0 Å². The largest absolute Gasteiger partial charge is 0.339 e. The summed E-state index contributed by atoms with van der Waals surface area (Å²) in [5.74, 6) is 0.183. The molecule has 1 heterocycles. The average Bonchev–Trinajstić information content (AvgIpc) is 2.45. The van der Waals surface area contributed by atoms with Crippen LogP contribution in [0.15, 0.2) is 42.5 Å². The van der Waals surface area contributed by atoms with Crippen molar-refractivity contribution in [1.29, 1.82) is 0 Å². The first-order valence-electron chi connectivity index (χ1n) is 6.85. The number of benzene rings is 1. The van der Waals surface area contributed by atoms with Crippen LogP contribution in [-0.2, 0) is 11.2 Å². The van der Waals surface area contributed by atoms with Crippen LogP contribution in [0.2, 0.25) is 0 Å². The zero-order valence-corrected chi connectivity index (χ0v) is 10.8. The lowest BCUT2D eigenvalue weighted by molar-refractivity contribution is -0.126. The summed E-state index contributed by atoms with van der Waals surface area (Å²) in [6.45, 7) is 1.86. The highest BCUT2D eigenvalue weighted by Crippen LogP contribution is 2.09. The lowest BCUT2D eigenvalue weighted by Crippen LogP contribution is -2.34. The Morgan fingerprint density at radius 3 is 2.56 bits per heavy atom. The Morgan fingerprint density at radius 2 is 1.83 bits per heavy atom. The molecule has 1 saturated heterocycles. The zero-order valence-electron chi connectivity index (χ0n) is 10.8. The number of allylic oxidation sites excluding steroid dienone is 1. The normalized spacial score (nSPS) is 16.1. The van der Waals surface area contributed by atoms with Gasteiger partial charge in [-0.1, -0.05) is 36.4 Å². The predicted octanol–water partition coefficient (Wildman–Crippen LogP) is 3.19. The molecule has 1 amide bonds. The number of likely N-dealkylation sites (tertiary alicyclic amines) is 1. The van der Waals surface area contributed by atoms with Gasteiger partial charge in [0.2, 0.25) is 5.91 Å². The lowest BCUT2D eigenvalue weighted by Gasteiger charge is -2.25. The third-order valence-corrected chi connectivity index (χ3v) is 3.37. The maximum absolute atomic E-state index is 11.8. The molecule has 1 aromatic rings. The summed E-state index contributed by atoms with van der Waals surface area (Å²) in [5.41, 5.74) is 1.33. The second kappa shape index (κ2) is 7.00. The summed E-state index contributed by atoms with van der Waals surface area (Å²) >= 11 is 0. The maximum Gasteiger partial charge on any atom is 0.246 e. The number of carbonyl (C=O) groups excluding carboxylic acids is 1. The van der Waals surface area contributed by atoms with Gasteiger partial charge in [-0.3, -0.25) is 4.79 Å². The van der Waals surface area contributed by atoms with Gasteiger partial charge in [0, 0.05) is 13.1 Å². The minimum absolute atomic E-state index is 0.183. The molecule has 1 aliphatic rings. The van der Waals surface area contributed by atoms with Gasteiger partial charge in [-0.2, -0.15) is 0 Å². The molecule has 0 unspecified atom stereocenters. The van der Waals surface area contributed by atoms with E-state index in [0.29, 0.717) is 0 Å². The van der Waals surface area contributed by atoms with E-state index in [0.717, 1.165) is 38.8 Å². The molecule has 0 aliphatic carbocycles. The fraction of sp³-hybridized carbons (Fsp3) is 0.438. The first-order valence-corrected chi connectivity index (χ1v) is 6.85. The van der Waals surface area contributed by atoms with Crippen molar-refractivity contribution >= 4 is 5.91 Å². The quantitative estimate of drug-likeness (QED) is 0.744. The van der Waals surface area contributed by atoms with Crippen LogP contribution in [0, 0.1) is 0 Å². The van der Waals surface area contributed by atoms with E-state index in [4.69, 9.17) is 0 Å². The Kier molecular flexibility index (Phi) is 5.00. The van der Waals surface area contributed by atoms with E-state index in [-0.39, 0.29) is 5.91 Å². The van der Waals surface area contributed by atoms with Crippen LogP contribution in [-0.4, -0.2) is 23.9 Å². The van der Waals surface area contributed by atoms with Gasteiger partial charge in [-0.15, -0.1) is 0 Å². The molecule has 0 saturated carbocycles. The number of hydrogen-bond donors (Lipinski definition) is 0. The third kappa shape index (κ3) is 4.02. The molecule has 1 fully saturated rings. The van der Waals surface area contributed by atoms with Crippen LogP contribution in [0.5, 0.6) is 0 Å². The average molecular weight is 243 g/mol. The van der Waals surface area contributed by atoms with Crippen molar-refractivity contribution < 1.29 is 4.79 Å². The van der Waals surface area contributed by atoms with Gasteiger partial charge in [-0.25, -0.2) is 0 Å². The molecule has 96 valence electrons.